The molecule has 0 spiro atoms. The molecule has 130 valence electrons. The molecule has 1 saturated heterocycles. The molecule has 0 unspecified atom stereocenters. The summed E-state index contributed by atoms with van der Waals surface area (Å²) in [6, 6.07) is 5.99. The normalized spacial score (nSPS) is 18.2. The molecular weight excluding hydrogens is 392 g/mol. The van der Waals surface area contributed by atoms with E-state index in [0.717, 1.165) is 15.1 Å². The molecule has 2 amide bonds. The van der Waals surface area contributed by atoms with E-state index in [0.29, 0.717) is 31.3 Å². The first kappa shape index (κ1) is 17.6. The Morgan fingerprint density at radius 3 is 2.75 bits per heavy atom. The van der Waals surface area contributed by atoms with Gasteiger partial charge in [0.25, 0.3) is 0 Å². The van der Waals surface area contributed by atoms with E-state index in [1.165, 1.54) is 0 Å². The molecule has 0 aliphatic carbocycles. The highest BCUT2D eigenvalue weighted by molar-refractivity contribution is 9.10. The number of ether oxygens (including phenoxy) is 1. The predicted octanol–water partition coefficient (Wildman–Crippen LogP) is 3.75. The second-order valence-electron chi connectivity index (χ2n) is 7.16. The van der Waals surface area contributed by atoms with E-state index in [2.05, 4.69) is 15.9 Å². The predicted molar refractivity (Wildman–Crippen MR) is 98.5 cm³/mol. The number of halogens is 1. The largest absolute Gasteiger partial charge is 0.444 e. The van der Waals surface area contributed by atoms with Gasteiger partial charge in [-0.15, -0.1) is 11.8 Å². The molecule has 24 heavy (non-hydrogen) atoms. The van der Waals surface area contributed by atoms with E-state index in [4.69, 9.17) is 4.74 Å². The minimum absolute atomic E-state index is 0.130. The Bertz CT molecular complexity index is 668. The lowest BCUT2D eigenvalue weighted by Gasteiger charge is -2.42. The van der Waals surface area contributed by atoms with Crippen LogP contribution in [0.2, 0.25) is 0 Å². The van der Waals surface area contributed by atoms with Crippen molar-refractivity contribution in [2.45, 2.75) is 31.3 Å². The van der Waals surface area contributed by atoms with Gasteiger partial charge in [0.2, 0.25) is 5.91 Å². The zero-order chi connectivity index (χ0) is 17.5. The number of amides is 2. The monoisotopic (exact) mass is 412 g/mol. The van der Waals surface area contributed by atoms with Gasteiger partial charge in [0.1, 0.15) is 5.60 Å². The first-order valence-electron chi connectivity index (χ1n) is 7.93. The van der Waals surface area contributed by atoms with Gasteiger partial charge in [-0.25, -0.2) is 4.79 Å². The molecule has 2 heterocycles. The van der Waals surface area contributed by atoms with Crippen molar-refractivity contribution in [2.75, 3.05) is 30.3 Å². The molecule has 5 nitrogen and oxygen atoms in total. The van der Waals surface area contributed by atoms with Crippen LogP contribution in [0, 0.1) is 5.92 Å². The summed E-state index contributed by atoms with van der Waals surface area (Å²) in [6.07, 6.45) is -0.274. The summed E-state index contributed by atoms with van der Waals surface area (Å²) in [5, 5.41) is 0. The summed E-state index contributed by atoms with van der Waals surface area (Å²) in [5.74, 6) is 0.887. The van der Waals surface area contributed by atoms with E-state index < -0.39 is 5.60 Å². The van der Waals surface area contributed by atoms with Crippen molar-refractivity contribution in [2.24, 2.45) is 5.92 Å². The van der Waals surface area contributed by atoms with Gasteiger partial charge in [0.15, 0.2) is 0 Å². The molecule has 0 aromatic heterocycles. The number of hydrogen-bond donors (Lipinski definition) is 0. The van der Waals surface area contributed by atoms with E-state index in [9.17, 15) is 9.59 Å². The highest BCUT2D eigenvalue weighted by atomic mass is 79.9. The summed E-state index contributed by atoms with van der Waals surface area (Å²) < 4.78 is 6.38. The Labute approximate surface area is 154 Å². The number of fused-ring (bicyclic) bond motifs is 1. The van der Waals surface area contributed by atoms with Crippen molar-refractivity contribution in [1.29, 1.82) is 0 Å². The van der Waals surface area contributed by atoms with Gasteiger partial charge in [-0.3, -0.25) is 4.79 Å². The molecule has 1 aromatic carbocycles. The lowest BCUT2D eigenvalue weighted by Crippen LogP contribution is -2.56. The first-order chi connectivity index (χ1) is 11.2. The summed E-state index contributed by atoms with van der Waals surface area (Å²) in [6.45, 7) is 7.51. The van der Waals surface area contributed by atoms with Crippen LogP contribution in [-0.4, -0.2) is 47.9 Å². The third-order valence-corrected chi connectivity index (χ3v) is 5.44. The van der Waals surface area contributed by atoms with Crippen molar-refractivity contribution in [3.8, 4) is 0 Å². The van der Waals surface area contributed by atoms with Crippen LogP contribution in [-0.2, 0) is 9.53 Å². The van der Waals surface area contributed by atoms with Crippen molar-refractivity contribution in [3.63, 3.8) is 0 Å². The molecule has 1 aromatic rings. The number of thioether (sulfide) groups is 1. The van der Waals surface area contributed by atoms with Crippen LogP contribution >= 0.6 is 27.7 Å². The van der Waals surface area contributed by atoms with E-state index in [-0.39, 0.29) is 12.0 Å². The number of rotatable bonds is 2. The van der Waals surface area contributed by atoms with Crippen LogP contribution in [0.3, 0.4) is 0 Å². The Kier molecular flexibility index (Phi) is 4.84. The number of hydrogen-bond acceptors (Lipinski definition) is 4. The topological polar surface area (TPSA) is 49.9 Å². The number of benzene rings is 1. The molecule has 7 heteroatoms. The fourth-order valence-corrected chi connectivity index (χ4v) is 4.28. The van der Waals surface area contributed by atoms with Crippen LogP contribution < -0.4 is 4.90 Å². The maximum Gasteiger partial charge on any atom is 0.410 e. The standard InChI is InChI=1S/C17H21BrN2O3S/c1-17(2,3)23-16(22)19-7-11(8-19)9-20-13-5-4-12(18)6-14(13)24-10-15(20)21/h4-6,11H,7-10H2,1-3H3. The van der Waals surface area contributed by atoms with Gasteiger partial charge in [-0.1, -0.05) is 15.9 Å². The minimum Gasteiger partial charge on any atom is -0.444 e. The van der Waals surface area contributed by atoms with Gasteiger partial charge < -0.3 is 14.5 Å². The van der Waals surface area contributed by atoms with Gasteiger partial charge in [0.05, 0.1) is 11.4 Å². The SMILES string of the molecule is CC(C)(C)OC(=O)N1CC(CN2C(=O)CSc3cc(Br)ccc32)C1. The third-order valence-electron chi connectivity index (χ3n) is 3.91. The number of likely N-dealkylation sites (tertiary alicyclic amines) is 1. The average molecular weight is 413 g/mol. The zero-order valence-electron chi connectivity index (χ0n) is 14.0. The summed E-state index contributed by atoms with van der Waals surface area (Å²) in [5.41, 5.74) is 0.490. The van der Waals surface area contributed by atoms with Crippen LogP contribution in [0.25, 0.3) is 0 Å². The average Bonchev–Trinajstić information content (AvgIpc) is 2.42. The second kappa shape index (κ2) is 6.59. The lowest BCUT2D eigenvalue weighted by molar-refractivity contribution is -0.116. The van der Waals surface area contributed by atoms with Gasteiger partial charge in [0, 0.05) is 34.9 Å². The highest BCUT2D eigenvalue weighted by Gasteiger charge is 2.36. The molecule has 2 aliphatic heterocycles. The molecule has 0 N–H and O–H groups in total. The van der Waals surface area contributed by atoms with E-state index in [1.54, 1.807) is 16.7 Å². The van der Waals surface area contributed by atoms with Crippen molar-refractivity contribution in [1.82, 2.24) is 4.90 Å². The maximum absolute atomic E-state index is 12.3. The Hall–Kier alpha value is -1.21. The first-order valence-corrected chi connectivity index (χ1v) is 9.71. The number of carbonyl (C=O) groups excluding carboxylic acids is 2. The quantitative estimate of drug-likeness (QED) is 0.741. The van der Waals surface area contributed by atoms with Crippen LogP contribution in [0.5, 0.6) is 0 Å². The third kappa shape index (κ3) is 3.88. The van der Waals surface area contributed by atoms with E-state index >= 15 is 0 Å². The van der Waals surface area contributed by atoms with Crippen molar-refractivity contribution >= 4 is 45.4 Å². The molecule has 1 fully saturated rings. The van der Waals surface area contributed by atoms with Gasteiger partial charge >= 0.3 is 6.09 Å². The molecule has 0 saturated carbocycles. The van der Waals surface area contributed by atoms with Crippen LogP contribution in [0.15, 0.2) is 27.6 Å². The summed E-state index contributed by atoms with van der Waals surface area (Å²) >= 11 is 5.05. The smallest absolute Gasteiger partial charge is 0.410 e. The molecule has 3 rings (SSSR count). The second-order valence-corrected chi connectivity index (χ2v) is 9.09. The van der Waals surface area contributed by atoms with Gasteiger partial charge in [-0.2, -0.15) is 0 Å². The summed E-state index contributed by atoms with van der Waals surface area (Å²) in [4.78, 5) is 29.0. The number of nitrogens with zero attached hydrogens (tertiary/aromatic N) is 2. The zero-order valence-corrected chi connectivity index (χ0v) is 16.4. The number of carbonyl (C=O) groups is 2. The van der Waals surface area contributed by atoms with E-state index in [1.807, 2.05) is 43.9 Å². The summed E-state index contributed by atoms with van der Waals surface area (Å²) in [7, 11) is 0. The minimum atomic E-state index is -0.478. The molecule has 0 atom stereocenters. The molecule has 2 aliphatic rings. The van der Waals surface area contributed by atoms with Crippen LogP contribution in [0.1, 0.15) is 20.8 Å². The molecule has 0 radical (unpaired) electrons. The molecular formula is C17H21BrN2O3S. The van der Waals surface area contributed by atoms with Crippen LogP contribution in [0.4, 0.5) is 10.5 Å². The molecule has 0 bridgehead atoms. The highest BCUT2D eigenvalue weighted by Crippen LogP contribution is 2.38. The Morgan fingerprint density at radius 1 is 1.38 bits per heavy atom. The fourth-order valence-electron chi connectivity index (χ4n) is 2.80. The number of anilines is 1. The van der Waals surface area contributed by atoms with Crippen molar-refractivity contribution in [3.05, 3.63) is 22.7 Å². The maximum atomic E-state index is 12.3. The van der Waals surface area contributed by atoms with Crippen molar-refractivity contribution < 1.29 is 14.3 Å². The van der Waals surface area contributed by atoms with Gasteiger partial charge in [-0.05, 0) is 39.0 Å². The Balaban J connectivity index is 1.60. The lowest BCUT2D eigenvalue weighted by atomic mass is 9.99. The fraction of sp³-hybridized carbons (Fsp3) is 0.529. The Morgan fingerprint density at radius 2 is 2.08 bits per heavy atom.